The quantitative estimate of drug-likeness (QED) is 0.878. The number of nitrogens with zero attached hydrogens (tertiary/aromatic N) is 2. The predicted octanol–water partition coefficient (Wildman–Crippen LogP) is 2.46. The fraction of sp³-hybridized carbons (Fsp3) is 0.786. The van der Waals surface area contributed by atoms with Gasteiger partial charge in [-0.3, -0.25) is 4.68 Å². The average molecular weight is 266 g/mol. The highest BCUT2D eigenvalue weighted by atomic mass is 16.5. The van der Waals surface area contributed by atoms with Crippen LogP contribution >= 0.6 is 0 Å². The number of aryl methyl sites for hydroxylation is 2. The summed E-state index contributed by atoms with van der Waals surface area (Å²) in [6.45, 7) is 7.16. The third-order valence-electron chi connectivity index (χ3n) is 4.39. The van der Waals surface area contributed by atoms with E-state index in [0.717, 1.165) is 49.5 Å². The third kappa shape index (κ3) is 2.71. The highest BCUT2D eigenvalue weighted by Crippen LogP contribution is 2.33. The van der Waals surface area contributed by atoms with Gasteiger partial charge in [-0.2, -0.15) is 5.10 Å². The van der Waals surface area contributed by atoms with Crippen LogP contribution in [0.5, 0.6) is 0 Å². The number of nitrogens with one attached hydrogen (secondary N) is 1. The molecule has 0 amide bonds. The Balaban J connectivity index is 2.11. The number of aromatic nitrogens is 2. The molecule has 0 saturated carbocycles. The number of ether oxygens (including phenoxy) is 1. The molecule has 108 valence electrons. The van der Waals surface area contributed by atoms with Crippen molar-refractivity contribution in [3.63, 3.8) is 0 Å². The molecule has 1 aliphatic rings. The Morgan fingerprint density at radius 2 is 2.16 bits per heavy atom. The Hall–Kier alpha value is -1.23. The monoisotopic (exact) mass is 266 g/mol. The zero-order chi connectivity index (χ0) is 14.0. The lowest BCUT2D eigenvalue weighted by Gasteiger charge is -2.40. The van der Waals surface area contributed by atoms with Gasteiger partial charge in [-0.25, -0.2) is 0 Å². The maximum absolute atomic E-state index is 6.08. The van der Waals surface area contributed by atoms with Crippen LogP contribution in [0.25, 0.3) is 0 Å². The Morgan fingerprint density at radius 1 is 1.47 bits per heavy atom. The summed E-state index contributed by atoms with van der Waals surface area (Å²) >= 11 is 0. The van der Waals surface area contributed by atoms with Gasteiger partial charge in [-0.05, 0) is 32.6 Å². The molecular formula is C14H26N4O. The van der Waals surface area contributed by atoms with E-state index in [-0.39, 0.29) is 5.60 Å². The van der Waals surface area contributed by atoms with Crippen molar-refractivity contribution >= 4 is 11.5 Å². The number of hydrogen-bond donors (Lipinski definition) is 2. The Labute approximate surface area is 115 Å². The summed E-state index contributed by atoms with van der Waals surface area (Å²) in [5.41, 5.74) is 7.74. The normalized spacial score (nSPS) is 22.4. The lowest BCUT2D eigenvalue weighted by molar-refractivity contribution is -0.0865. The molecule has 1 unspecified atom stereocenters. The molecular weight excluding hydrogens is 240 g/mol. The second kappa shape index (κ2) is 5.41. The smallest absolute Gasteiger partial charge is 0.147 e. The summed E-state index contributed by atoms with van der Waals surface area (Å²) in [5, 5.41) is 7.91. The van der Waals surface area contributed by atoms with Gasteiger partial charge in [0.2, 0.25) is 0 Å². The average Bonchev–Trinajstić information content (AvgIpc) is 2.65. The van der Waals surface area contributed by atoms with Crippen molar-refractivity contribution < 1.29 is 4.74 Å². The molecule has 1 aromatic heterocycles. The summed E-state index contributed by atoms with van der Waals surface area (Å²) < 4.78 is 7.84. The topological polar surface area (TPSA) is 65.1 Å². The van der Waals surface area contributed by atoms with E-state index in [4.69, 9.17) is 10.5 Å². The summed E-state index contributed by atoms with van der Waals surface area (Å²) in [6.07, 6.45) is 4.16. The summed E-state index contributed by atoms with van der Waals surface area (Å²) in [5.74, 6) is 0.936. The van der Waals surface area contributed by atoms with E-state index in [1.165, 1.54) is 0 Å². The number of anilines is 2. The van der Waals surface area contributed by atoms with E-state index in [9.17, 15) is 0 Å². The highest BCUT2D eigenvalue weighted by Gasteiger charge is 2.34. The summed E-state index contributed by atoms with van der Waals surface area (Å²) in [7, 11) is 1.93. The molecule has 5 heteroatoms. The van der Waals surface area contributed by atoms with Gasteiger partial charge in [0.15, 0.2) is 0 Å². The molecule has 0 spiro atoms. The second-order valence-electron chi connectivity index (χ2n) is 5.54. The highest BCUT2D eigenvalue weighted by molar-refractivity contribution is 5.65. The minimum absolute atomic E-state index is 0.0261. The van der Waals surface area contributed by atoms with E-state index in [1.807, 2.05) is 18.7 Å². The van der Waals surface area contributed by atoms with Crippen LogP contribution in [0.2, 0.25) is 0 Å². The van der Waals surface area contributed by atoms with Gasteiger partial charge in [0.1, 0.15) is 5.82 Å². The van der Waals surface area contributed by atoms with Crippen molar-refractivity contribution in [2.24, 2.45) is 7.05 Å². The van der Waals surface area contributed by atoms with E-state index < -0.39 is 0 Å². The first-order valence-electron chi connectivity index (χ1n) is 7.21. The molecule has 1 aliphatic heterocycles. The van der Waals surface area contributed by atoms with E-state index in [0.29, 0.717) is 6.04 Å². The molecule has 0 radical (unpaired) electrons. The van der Waals surface area contributed by atoms with Crippen LogP contribution in [0, 0.1) is 6.92 Å². The van der Waals surface area contributed by atoms with Crippen LogP contribution in [-0.4, -0.2) is 28.0 Å². The van der Waals surface area contributed by atoms with Crippen LogP contribution in [0.15, 0.2) is 0 Å². The fourth-order valence-corrected chi connectivity index (χ4v) is 2.93. The molecule has 3 N–H and O–H groups in total. The van der Waals surface area contributed by atoms with Crippen molar-refractivity contribution in [3.8, 4) is 0 Å². The maximum Gasteiger partial charge on any atom is 0.147 e. The van der Waals surface area contributed by atoms with Crippen molar-refractivity contribution in [3.05, 3.63) is 5.69 Å². The van der Waals surface area contributed by atoms with Gasteiger partial charge in [0, 0.05) is 19.7 Å². The van der Waals surface area contributed by atoms with Crippen molar-refractivity contribution in [1.82, 2.24) is 9.78 Å². The van der Waals surface area contributed by atoms with Gasteiger partial charge < -0.3 is 15.8 Å². The van der Waals surface area contributed by atoms with Crippen molar-refractivity contribution in [2.45, 2.75) is 58.1 Å². The van der Waals surface area contributed by atoms with Crippen LogP contribution in [-0.2, 0) is 11.8 Å². The van der Waals surface area contributed by atoms with Gasteiger partial charge in [0.05, 0.1) is 17.0 Å². The van der Waals surface area contributed by atoms with Gasteiger partial charge in [0.25, 0.3) is 0 Å². The van der Waals surface area contributed by atoms with Crippen molar-refractivity contribution in [1.29, 1.82) is 0 Å². The number of nitrogens with two attached hydrogens (primary N) is 1. The van der Waals surface area contributed by atoms with Crippen LogP contribution < -0.4 is 11.1 Å². The second-order valence-corrected chi connectivity index (χ2v) is 5.54. The molecule has 0 aromatic carbocycles. The first-order chi connectivity index (χ1) is 9.01. The number of nitrogen functional groups attached to an aromatic ring is 1. The van der Waals surface area contributed by atoms with E-state index in [2.05, 4.69) is 24.3 Å². The molecule has 1 fully saturated rings. The Kier molecular flexibility index (Phi) is 4.04. The standard InChI is InChI=1S/C14H26N4O/c1-5-14(6-2)9-11(7-8-19-14)16-13-12(15)10(3)17-18(13)4/h11,16H,5-9,15H2,1-4H3. The molecule has 19 heavy (non-hydrogen) atoms. The zero-order valence-corrected chi connectivity index (χ0v) is 12.5. The lowest BCUT2D eigenvalue weighted by Crippen LogP contribution is -2.44. The molecule has 5 nitrogen and oxygen atoms in total. The maximum atomic E-state index is 6.08. The Morgan fingerprint density at radius 3 is 2.68 bits per heavy atom. The molecule has 0 bridgehead atoms. The SMILES string of the molecule is CCC1(CC)CC(Nc2c(N)c(C)nn2C)CCO1. The molecule has 0 aliphatic carbocycles. The fourth-order valence-electron chi connectivity index (χ4n) is 2.93. The number of rotatable bonds is 4. The minimum Gasteiger partial charge on any atom is -0.394 e. The number of hydrogen-bond acceptors (Lipinski definition) is 4. The van der Waals surface area contributed by atoms with Crippen LogP contribution in [0.1, 0.15) is 45.2 Å². The van der Waals surface area contributed by atoms with Gasteiger partial charge in [-0.1, -0.05) is 13.8 Å². The van der Waals surface area contributed by atoms with Crippen molar-refractivity contribution in [2.75, 3.05) is 17.7 Å². The summed E-state index contributed by atoms with van der Waals surface area (Å²) in [4.78, 5) is 0. The van der Waals surface area contributed by atoms with Crippen LogP contribution in [0.4, 0.5) is 11.5 Å². The van der Waals surface area contributed by atoms with E-state index in [1.54, 1.807) is 0 Å². The molecule has 1 aromatic rings. The predicted molar refractivity (Wildman–Crippen MR) is 78.3 cm³/mol. The Bertz CT molecular complexity index is 437. The largest absolute Gasteiger partial charge is 0.394 e. The summed E-state index contributed by atoms with van der Waals surface area (Å²) in [6, 6.07) is 0.408. The van der Waals surface area contributed by atoms with Gasteiger partial charge >= 0.3 is 0 Å². The van der Waals surface area contributed by atoms with Crippen LogP contribution in [0.3, 0.4) is 0 Å². The van der Waals surface area contributed by atoms with E-state index >= 15 is 0 Å². The zero-order valence-electron chi connectivity index (χ0n) is 12.5. The van der Waals surface area contributed by atoms with Gasteiger partial charge in [-0.15, -0.1) is 0 Å². The third-order valence-corrected chi connectivity index (χ3v) is 4.39. The molecule has 2 heterocycles. The molecule has 2 rings (SSSR count). The molecule has 1 atom stereocenters. The lowest BCUT2D eigenvalue weighted by atomic mass is 9.86. The first-order valence-corrected chi connectivity index (χ1v) is 7.21. The molecule has 1 saturated heterocycles. The minimum atomic E-state index is 0.0261. The first kappa shape index (κ1) is 14.2.